The van der Waals surface area contributed by atoms with Crippen LogP contribution in [0.2, 0.25) is 0 Å². The van der Waals surface area contributed by atoms with Gasteiger partial charge < -0.3 is 25.4 Å². The molecule has 1 aliphatic rings. The number of aryl methyl sites for hydroxylation is 1. The summed E-state index contributed by atoms with van der Waals surface area (Å²) in [7, 11) is 0. The van der Waals surface area contributed by atoms with Crippen LogP contribution < -0.4 is 5.32 Å². The van der Waals surface area contributed by atoms with Crippen molar-refractivity contribution in [1.82, 2.24) is 0 Å². The Morgan fingerprint density at radius 2 is 1.90 bits per heavy atom. The van der Waals surface area contributed by atoms with E-state index in [4.69, 9.17) is 4.74 Å². The fourth-order valence-electron chi connectivity index (χ4n) is 2.25. The Kier molecular flexibility index (Phi) is 4.43. The van der Waals surface area contributed by atoms with Gasteiger partial charge in [0.2, 0.25) is 0 Å². The second-order valence-electron chi connectivity index (χ2n) is 5.13. The van der Waals surface area contributed by atoms with Gasteiger partial charge in [-0.15, -0.1) is 0 Å². The minimum atomic E-state index is -1.33. The fraction of sp³-hybridized carbons (Fsp3) is 0.538. The van der Waals surface area contributed by atoms with Gasteiger partial charge in [-0.2, -0.15) is 0 Å². The van der Waals surface area contributed by atoms with Crippen molar-refractivity contribution in [3.05, 3.63) is 33.9 Å². The van der Waals surface area contributed by atoms with E-state index in [0.29, 0.717) is 11.3 Å². The Morgan fingerprint density at radius 1 is 1.24 bits per heavy atom. The van der Waals surface area contributed by atoms with Crippen molar-refractivity contribution in [3.63, 3.8) is 0 Å². The summed E-state index contributed by atoms with van der Waals surface area (Å²) in [5, 5.41) is 42.8. The second-order valence-corrected chi connectivity index (χ2v) is 5.13. The molecule has 21 heavy (non-hydrogen) atoms. The van der Waals surface area contributed by atoms with Crippen molar-refractivity contribution in [2.24, 2.45) is 0 Å². The summed E-state index contributed by atoms with van der Waals surface area (Å²) in [6.45, 7) is 3.26. The summed E-state index contributed by atoms with van der Waals surface area (Å²) < 4.78 is 5.41. The van der Waals surface area contributed by atoms with Crippen LogP contribution in [0.5, 0.6) is 0 Å². The highest BCUT2D eigenvalue weighted by Gasteiger charge is 2.41. The molecule has 8 heteroatoms. The maximum Gasteiger partial charge on any atom is 0.269 e. The predicted molar refractivity (Wildman–Crippen MR) is 73.8 cm³/mol. The molecule has 0 amide bonds. The molecule has 0 bridgehead atoms. The number of nitro groups is 1. The maximum atomic E-state index is 10.7. The summed E-state index contributed by atoms with van der Waals surface area (Å²) in [4.78, 5) is 10.2. The lowest BCUT2D eigenvalue weighted by Gasteiger charge is -2.40. The zero-order valence-electron chi connectivity index (χ0n) is 11.6. The Morgan fingerprint density at radius 3 is 2.48 bits per heavy atom. The van der Waals surface area contributed by atoms with Crippen LogP contribution in [-0.4, -0.2) is 50.9 Å². The standard InChI is InChI=1S/C13H18N2O6/c1-6-5-8(15(19)20)3-4-9(6)14-13-12(18)11(17)10(16)7(2)21-13/h3-5,7,10-14,16-18H,1-2H3/t7-,10+,11+,12-,13-/m0/s1. The number of nitro benzene ring substituents is 1. The van der Waals surface area contributed by atoms with E-state index < -0.39 is 35.6 Å². The number of non-ortho nitro benzene ring substituents is 1. The van der Waals surface area contributed by atoms with Crippen molar-refractivity contribution in [2.75, 3.05) is 5.32 Å². The molecule has 0 unspecified atom stereocenters. The molecule has 0 aliphatic carbocycles. The predicted octanol–water partition coefficient (Wildman–Crippen LogP) is 0.143. The number of hydrogen-bond donors (Lipinski definition) is 4. The lowest BCUT2D eigenvalue weighted by Crippen LogP contribution is -2.58. The molecular weight excluding hydrogens is 280 g/mol. The van der Waals surface area contributed by atoms with Crippen LogP contribution in [0.15, 0.2) is 18.2 Å². The third-order valence-electron chi connectivity index (χ3n) is 3.57. The van der Waals surface area contributed by atoms with Crippen molar-refractivity contribution >= 4 is 11.4 Å². The van der Waals surface area contributed by atoms with E-state index in [0.717, 1.165) is 0 Å². The van der Waals surface area contributed by atoms with Gasteiger partial charge in [-0.1, -0.05) is 0 Å². The van der Waals surface area contributed by atoms with Crippen molar-refractivity contribution in [2.45, 2.75) is 44.5 Å². The summed E-state index contributed by atoms with van der Waals surface area (Å²) in [5.74, 6) is 0. The molecule has 8 nitrogen and oxygen atoms in total. The second kappa shape index (κ2) is 5.94. The first-order chi connectivity index (χ1) is 9.81. The van der Waals surface area contributed by atoms with Crippen molar-refractivity contribution in [3.8, 4) is 0 Å². The molecule has 1 heterocycles. The normalized spacial score (nSPS) is 32.7. The molecule has 0 spiro atoms. The molecule has 1 fully saturated rings. The average molecular weight is 298 g/mol. The number of ether oxygens (including phenoxy) is 1. The van der Waals surface area contributed by atoms with Crippen LogP contribution in [-0.2, 0) is 4.74 Å². The number of benzene rings is 1. The monoisotopic (exact) mass is 298 g/mol. The van der Waals surface area contributed by atoms with E-state index in [9.17, 15) is 25.4 Å². The van der Waals surface area contributed by atoms with E-state index >= 15 is 0 Å². The zero-order valence-corrected chi connectivity index (χ0v) is 11.6. The Bertz CT molecular complexity index is 537. The summed E-state index contributed by atoms with van der Waals surface area (Å²) >= 11 is 0. The molecule has 0 radical (unpaired) electrons. The molecule has 5 atom stereocenters. The Labute approximate surface area is 121 Å². The van der Waals surface area contributed by atoms with Crippen molar-refractivity contribution in [1.29, 1.82) is 0 Å². The smallest absolute Gasteiger partial charge is 0.269 e. The van der Waals surface area contributed by atoms with Crippen LogP contribution in [0.3, 0.4) is 0 Å². The SMILES string of the molecule is Cc1cc([N+](=O)[O-])ccc1N[C@H]1O[C@@H](C)[C@@H](O)[C@@H](O)[C@@H]1O. The third kappa shape index (κ3) is 3.13. The molecule has 1 saturated heterocycles. The van der Waals surface area contributed by atoms with Gasteiger partial charge in [-0.25, -0.2) is 0 Å². The zero-order chi connectivity index (χ0) is 15.7. The number of aliphatic hydroxyl groups is 3. The first-order valence-corrected chi connectivity index (χ1v) is 6.52. The Hall–Kier alpha value is -1.74. The van der Waals surface area contributed by atoms with Crippen LogP contribution in [0.4, 0.5) is 11.4 Å². The van der Waals surface area contributed by atoms with Gasteiger partial charge in [-0.3, -0.25) is 10.1 Å². The number of nitrogens with zero attached hydrogens (tertiary/aromatic N) is 1. The van der Waals surface area contributed by atoms with E-state index in [-0.39, 0.29) is 5.69 Å². The quantitative estimate of drug-likeness (QED) is 0.462. The van der Waals surface area contributed by atoms with E-state index in [2.05, 4.69) is 5.32 Å². The van der Waals surface area contributed by atoms with Gasteiger partial charge in [0.25, 0.3) is 5.69 Å². The van der Waals surface area contributed by atoms with Crippen LogP contribution in [0.1, 0.15) is 12.5 Å². The molecule has 1 aliphatic heterocycles. The first kappa shape index (κ1) is 15.6. The summed E-state index contributed by atoms with van der Waals surface area (Å²) in [6, 6.07) is 4.23. The number of nitrogens with one attached hydrogen (secondary N) is 1. The molecule has 2 rings (SSSR count). The largest absolute Gasteiger partial charge is 0.388 e. The topological polar surface area (TPSA) is 125 Å². The minimum absolute atomic E-state index is 0.0352. The van der Waals surface area contributed by atoms with Gasteiger partial charge in [-0.05, 0) is 25.5 Å². The van der Waals surface area contributed by atoms with Gasteiger partial charge in [0, 0.05) is 17.8 Å². The maximum absolute atomic E-state index is 10.7. The third-order valence-corrected chi connectivity index (χ3v) is 3.57. The van der Waals surface area contributed by atoms with Crippen LogP contribution in [0, 0.1) is 17.0 Å². The number of aliphatic hydroxyl groups excluding tert-OH is 3. The first-order valence-electron chi connectivity index (χ1n) is 6.52. The number of anilines is 1. The van der Waals surface area contributed by atoms with E-state index in [1.54, 1.807) is 13.8 Å². The lowest BCUT2D eigenvalue weighted by molar-refractivity contribution is -0.384. The van der Waals surface area contributed by atoms with E-state index in [1.807, 2.05) is 0 Å². The molecule has 116 valence electrons. The number of hydrogen-bond acceptors (Lipinski definition) is 7. The van der Waals surface area contributed by atoms with Gasteiger partial charge >= 0.3 is 0 Å². The Balaban J connectivity index is 2.16. The molecule has 0 aromatic heterocycles. The van der Waals surface area contributed by atoms with Gasteiger partial charge in [0.05, 0.1) is 11.0 Å². The number of rotatable bonds is 3. The molecule has 0 saturated carbocycles. The highest BCUT2D eigenvalue weighted by molar-refractivity contribution is 5.55. The highest BCUT2D eigenvalue weighted by atomic mass is 16.6. The summed E-state index contributed by atoms with van der Waals surface area (Å²) in [6.07, 6.45) is -5.38. The molecule has 4 N–H and O–H groups in total. The molecule has 1 aromatic carbocycles. The molecular formula is C13H18N2O6. The van der Waals surface area contributed by atoms with Crippen LogP contribution in [0.25, 0.3) is 0 Å². The molecule has 1 aromatic rings. The van der Waals surface area contributed by atoms with Crippen molar-refractivity contribution < 1.29 is 25.0 Å². The van der Waals surface area contributed by atoms with Gasteiger partial charge in [0.15, 0.2) is 6.23 Å². The highest BCUT2D eigenvalue weighted by Crippen LogP contribution is 2.26. The van der Waals surface area contributed by atoms with E-state index in [1.165, 1.54) is 18.2 Å². The fourth-order valence-corrected chi connectivity index (χ4v) is 2.25. The van der Waals surface area contributed by atoms with Gasteiger partial charge in [0.1, 0.15) is 18.3 Å². The lowest BCUT2D eigenvalue weighted by atomic mass is 9.99. The van der Waals surface area contributed by atoms with Crippen LogP contribution >= 0.6 is 0 Å². The average Bonchev–Trinajstić information content (AvgIpc) is 2.44. The summed E-state index contributed by atoms with van der Waals surface area (Å²) in [5.41, 5.74) is 1.11. The minimum Gasteiger partial charge on any atom is -0.388 e.